The molecule has 5 nitrogen and oxygen atoms in total. The first-order chi connectivity index (χ1) is 27.7. The fourth-order valence-electron chi connectivity index (χ4n) is 7.91. The first-order valence-corrected chi connectivity index (χ1v) is 18.8. The Labute approximate surface area is 322 Å². The van der Waals surface area contributed by atoms with Crippen molar-refractivity contribution >= 4 is 43.7 Å². The van der Waals surface area contributed by atoms with Crippen molar-refractivity contribution in [2.75, 3.05) is 0 Å². The van der Waals surface area contributed by atoms with Gasteiger partial charge in [0.15, 0.2) is 17.5 Å². The largest absolute Gasteiger partial charge is 0.456 e. The quantitative estimate of drug-likeness (QED) is 0.172. The molecule has 0 N–H and O–H groups in total. The summed E-state index contributed by atoms with van der Waals surface area (Å²) < 4.78 is 8.60. The van der Waals surface area contributed by atoms with Crippen LogP contribution in [0.25, 0.3) is 106 Å². The summed E-state index contributed by atoms with van der Waals surface area (Å²) in [6.45, 7) is 0. The van der Waals surface area contributed by atoms with E-state index in [-0.39, 0.29) is 0 Å². The van der Waals surface area contributed by atoms with Crippen molar-refractivity contribution in [2.24, 2.45) is 0 Å². The molecule has 5 heteroatoms. The Morgan fingerprint density at radius 3 is 1.39 bits per heavy atom. The van der Waals surface area contributed by atoms with Crippen molar-refractivity contribution in [1.82, 2.24) is 19.5 Å². The number of fused-ring (bicyclic) bond motifs is 6. The predicted molar refractivity (Wildman–Crippen MR) is 229 cm³/mol. The summed E-state index contributed by atoms with van der Waals surface area (Å²) in [5.41, 5.74) is 12.3. The van der Waals surface area contributed by atoms with Crippen molar-refractivity contribution in [3.8, 4) is 62.1 Å². The molecule has 0 unspecified atom stereocenters. The summed E-state index contributed by atoms with van der Waals surface area (Å²) in [4.78, 5) is 15.4. The van der Waals surface area contributed by atoms with Gasteiger partial charge in [0.05, 0.1) is 11.0 Å². The van der Waals surface area contributed by atoms with Crippen molar-refractivity contribution in [3.63, 3.8) is 0 Å². The lowest BCUT2D eigenvalue weighted by atomic mass is 9.99. The second-order valence-corrected chi connectivity index (χ2v) is 14.1. The molecular formula is C51H32N4O. The molecule has 0 aliphatic heterocycles. The maximum atomic E-state index is 6.29. The number of para-hydroxylation sites is 3. The lowest BCUT2D eigenvalue weighted by Gasteiger charge is -2.12. The monoisotopic (exact) mass is 716 g/mol. The van der Waals surface area contributed by atoms with Gasteiger partial charge in [0, 0.05) is 43.9 Å². The summed E-state index contributed by atoms with van der Waals surface area (Å²) in [6.07, 6.45) is 0. The fraction of sp³-hybridized carbons (Fsp3) is 0. The Bertz CT molecular complexity index is 3180. The zero-order valence-electron chi connectivity index (χ0n) is 30.2. The van der Waals surface area contributed by atoms with E-state index in [1.807, 2.05) is 30.3 Å². The second-order valence-electron chi connectivity index (χ2n) is 14.1. The molecule has 0 aliphatic carbocycles. The smallest absolute Gasteiger partial charge is 0.164 e. The minimum absolute atomic E-state index is 0.579. The number of aromatic nitrogens is 4. The molecule has 0 spiro atoms. The first-order valence-electron chi connectivity index (χ1n) is 18.8. The van der Waals surface area contributed by atoms with Gasteiger partial charge in [-0.05, 0) is 64.7 Å². The van der Waals surface area contributed by atoms with Gasteiger partial charge in [0.25, 0.3) is 0 Å². The summed E-state index contributed by atoms with van der Waals surface area (Å²) in [6, 6.07) is 67.5. The maximum absolute atomic E-state index is 6.29. The van der Waals surface area contributed by atoms with E-state index in [0.717, 1.165) is 66.5 Å². The molecule has 0 amide bonds. The molecule has 8 aromatic carbocycles. The number of furan rings is 1. The van der Waals surface area contributed by atoms with Crippen LogP contribution in [0.15, 0.2) is 199 Å². The summed E-state index contributed by atoms with van der Waals surface area (Å²) >= 11 is 0. The van der Waals surface area contributed by atoms with Crippen molar-refractivity contribution in [3.05, 3.63) is 194 Å². The van der Waals surface area contributed by atoms with Crippen LogP contribution < -0.4 is 0 Å². The molecule has 0 bridgehead atoms. The van der Waals surface area contributed by atoms with Gasteiger partial charge >= 0.3 is 0 Å². The molecule has 0 radical (unpaired) electrons. The van der Waals surface area contributed by atoms with Crippen LogP contribution in [-0.4, -0.2) is 19.5 Å². The topological polar surface area (TPSA) is 56.7 Å². The second kappa shape index (κ2) is 13.0. The lowest BCUT2D eigenvalue weighted by Crippen LogP contribution is -2.01. The Morgan fingerprint density at radius 1 is 0.304 bits per heavy atom. The van der Waals surface area contributed by atoms with Crippen molar-refractivity contribution in [2.45, 2.75) is 0 Å². The molecule has 262 valence electrons. The number of nitrogens with zero attached hydrogens (tertiary/aromatic N) is 4. The van der Waals surface area contributed by atoms with Gasteiger partial charge in [-0.15, -0.1) is 0 Å². The van der Waals surface area contributed by atoms with E-state index in [4.69, 9.17) is 19.4 Å². The van der Waals surface area contributed by atoms with E-state index >= 15 is 0 Å². The highest BCUT2D eigenvalue weighted by Crippen LogP contribution is 2.35. The molecule has 0 aliphatic rings. The Morgan fingerprint density at radius 2 is 0.750 bits per heavy atom. The van der Waals surface area contributed by atoms with Gasteiger partial charge in [0.2, 0.25) is 0 Å². The molecule has 0 saturated heterocycles. The number of hydrogen-bond donors (Lipinski definition) is 0. The average molecular weight is 717 g/mol. The van der Waals surface area contributed by atoms with Crippen LogP contribution in [0.4, 0.5) is 0 Å². The highest BCUT2D eigenvalue weighted by Gasteiger charge is 2.17. The van der Waals surface area contributed by atoms with Gasteiger partial charge in [0.1, 0.15) is 11.2 Å². The minimum Gasteiger partial charge on any atom is -0.456 e. The normalized spacial score (nSPS) is 11.6. The molecule has 3 aromatic heterocycles. The van der Waals surface area contributed by atoms with E-state index in [9.17, 15) is 0 Å². The SMILES string of the molecule is c1ccc(-c2ccc(-c3ccc(-c4nc(-c5cccc(-n6c7ccccc7c7ccccc76)c5)nc(-c5ccc6c(c5)oc5ccccc56)n4)cc3)cc2)cc1. The Kier molecular flexibility index (Phi) is 7.42. The van der Waals surface area contributed by atoms with Gasteiger partial charge < -0.3 is 8.98 Å². The molecule has 56 heavy (non-hydrogen) atoms. The van der Waals surface area contributed by atoms with E-state index in [1.165, 1.54) is 21.9 Å². The van der Waals surface area contributed by atoms with Crippen LogP contribution in [0.3, 0.4) is 0 Å². The third kappa shape index (κ3) is 5.45. The van der Waals surface area contributed by atoms with Crippen LogP contribution in [0, 0.1) is 0 Å². The molecule has 11 aromatic rings. The molecule has 0 atom stereocenters. The van der Waals surface area contributed by atoms with Gasteiger partial charge in [-0.3, -0.25) is 0 Å². The van der Waals surface area contributed by atoms with Crippen LogP contribution in [0.5, 0.6) is 0 Å². The fourth-order valence-corrected chi connectivity index (χ4v) is 7.91. The van der Waals surface area contributed by atoms with Gasteiger partial charge in [-0.2, -0.15) is 0 Å². The van der Waals surface area contributed by atoms with E-state index in [2.05, 4.69) is 168 Å². The molecule has 0 fully saturated rings. The Hall–Kier alpha value is -7.63. The molecular weight excluding hydrogens is 685 g/mol. The zero-order valence-corrected chi connectivity index (χ0v) is 30.2. The number of rotatable bonds is 6. The first kappa shape index (κ1) is 31.9. The van der Waals surface area contributed by atoms with Crippen LogP contribution >= 0.6 is 0 Å². The standard InChI is InChI=1S/C51H32N4O/c1-2-11-33(12-3-1)34-21-23-35(24-22-34)36-25-27-37(28-26-36)49-52-50(54-51(53-49)39-29-30-44-43-17-6-9-20-47(43)56-48(44)32-39)38-13-10-14-40(31-38)55-45-18-7-4-15-41(45)42-16-5-8-19-46(42)55/h1-32H. The minimum atomic E-state index is 0.579. The summed E-state index contributed by atoms with van der Waals surface area (Å²) in [5, 5.41) is 4.58. The maximum Gasteiger partial charge on any atom is 0.164 e. The van der Waals surface area contributed by atoms with Crippen LogP contribution in [-0.2, 0) is 0 Å². The third-order valence-electron chi connectivity index (χ3n) is 10.7. The van der Waals surface area contributed by atoms with E-state index in [1.54, 1.807) is 0 Å². The van der Waals surface area contributed by atoms with E-state index < -0.39 is 0 Å². The third-order valence-corrected chi connectivity index (χ3v) is 10.7. The Balaban J connectivity index is 1.03. The highest BCUT2D eigenvalue weighted by molar-refractivity contribution is 6.09. The average Bonchev–Trinajstić information content (AvgIpc) is 3.82. The van der Waals surface area contributed by atoms with Gasteiger partial charge in [-0.1, -0.05) is 152 Å². The summed E-state index contributed by atoms with van der Waals surface area (Å²) in [7, 11) is 0. The van der Waals surface area contributed by atoms with Gasteiger partial charge in [-0.25, -0.2) is 15.0 Å². The number of benzene rings is 8. The lowest BCUT2D eigenvalue weighted by molar-refractivity contribution is 0.669. The predicted octanol–water partition coefficient (Wildman–Crippen LogP) is 13.2. The molecule has 3 heterocycles. The zero-order chi connectivity index (χ0) is 37.0. The van der Waals surface area contributed by atoms with E-state index in [0.29, 0.717) is 17.5 Å². The van der Waals surface area contributed by atoms with Crippen LogP contribution in [0.1, 0.15) is 0 Å². The summed E-state index contributed by atoms with van der Waals surface area (Å²) in [5.74, 6) is 1.77. The highest BCUT2D eigenvalue weighted by atomic mass is 16.3. The molecule has 11 rings (SSSR count). The van der Waals surface area contributed by atoms with Crippen molar-refractivity contribution in [1.29, 1.82) is 0 Å². The van der Waals surface area contributed by atoms with Crippen molar-refractivity contribution < 1.29 is 4.42 Å². The molecule has 0 saturated carbocycles. The number of hydrogen-bond acceptors (Lipinski definition) is 4. The van der Waals surface area contributed by atoms with Crippen LogP contribution in [0.2, 0.25) is 0 Å².